The Morgan fingerprint density at radius 1 is 1.36 bits per heavy atom. The van der Waals surface area contributed by atoms with E-state index >= 15 is 0 Å². The van der Waals surface area contributed by atoms with Crippen molar-refractivity contribution in [3.8, 4) is 0 Å². The van der Waals surface area contributed by atoms with Crippen LogP contribution in [0.5, 0.6) is 0 Å². The molecule has 1 aliphatic carbocycles. The Morgan fingerprint density at radius 3 is 2.50 bits per heavy atom. The highest BCUT2D eigenvalue weighted by atomic mass is 35.5. The van der Waals surface area contributed by atoms with Crippen LogP contribution in [0.1, 0.15) is 30.7 Å². The van der Waals surface area contributed by atoms with Crippen LogP contribution >= 0.6 is 11.6 Å². The standard InChI is InChI=1S/C12H13ClO/c13-12(14)8-11(10-6-7-10)9-4-2-1-3-5-9/h1-5,10-11H,6-8H2. The van der Waals surface area contributed by atoms with Crippen LogP contribution < -0.4 is 0 Å². The minimum absolute atomic E-state index is 0.217. The molecule has 2 heteroatoms. The zero-order chi connectivity index (χ0) is 9.97. The summed E-state index contributed by atoms with van der Waals surface area (Å²) >= 11 is 5.46. The summed E-state index contributed by atoms with van der Waals surface area (Å²) < 4.78 is 0. The van der Waals surface area contributed by atoms with Crippen LogP contribution in [0, 0.1) is 5.92 Å². The van der Waals surface area contributed by atoms with Crippen molar-refractivity contribution in [1.29, 1.82) is 0 Å². The third-order valence-corrected chi connectivity index (χ3v) is 2.95. The predicted octanol–water partition coefficient (Wildman–Crippen LogP) is 3.34. The van der Waals surface area contributed by atoms with E-state index in [1.807, 2.05) is 18.2 Å². The fourth-order valence-corrected chi connectivity index (χ4v) is 2.09. The summed E-state index contributed by atoms with van der Waals surface area (Å²) in [5.74, 6) is 1.03. The molecule has 0 radical (unpaired) electrons. The van der Waals surface area contributed by atoms with Gasteiger partial charge in [0.05, 0.1) is 0 Å². The SMILES string of the molecule is O=C(Cl)CC(c1ccccc1)C1CC1. The Morgan fingerprint density at radius 2 is 2.00 bits per heavy atom. The van der Waals surface area contributed by atoms with Crippen molar-refractivity contribution < 1.29 is 4.79 Å². The van der Waals surface area contributed by atoms with E-state index in [1.54, 1.807) is 0 Å². The molecule has 1 fully saturated rings. The number of rotatable bonds is 4. The molecule has 74 valence electrons. The second-order valence-electron chi connectivity index (χ2n) is 3.91. The average molecular weight is 209 g/mol. The van der Waals surface area contributed by atoms with Gasteiger partial charge in [-0.25, -0.2) is 0 Å². The lowest BCUT2D eigenvalue weighted by molar-refractivity contribution is -0.112. The zero-order valence-electron chi connectivity index (χ0n) is 7.95. The van der Waals surface area contributed by atoms with Crippen molar-refractivity contribution in [2.45, 2.75) is 25.2 Å². The fourth-order valence-electron chi connectivity index (χ4n) is 1.93. The van der Waals surface area contributed by atoms with Crippen LogP contribution in [0.25, 0.3) is 0 Å². The highest BCUT2D eigenvalue weighted by molar-refractivity contribution is 6.63. The van der Waals surface area contributed by atoms with E-state index in [0.29, 0.717) is 18.3 Å². The first-order valence-electron chi connectivity index (χ1n) is 5.00. The third-order valence-electron chi connectivity index (χ3n) is 2.80. The van der Waals surface area contributed by atoms with Crippen molar-refractivity contribution >= 4 is 16.8 Å². The van der Waals surface area contributed by atoms with E-state index < -0.39 is 0 Å². The second-order valence-corrected chi connectivity index (χ2v) is 4.34. The maximum Gasteiger partial charge on any atom is 0.222 e. The van der Waals surface area contributed by atoms with Crippen molar-refractivity contribution in [3.05, 3.63) is 35.9 Å². The summed E-state index contributed by atoms with van der Waals surface area (Å²) in [7, 11) is 0. The maximum absolute atomic E-state index is 10.9. The molecule has 14 heavy (non-hydrogen) atoms. The summed E-state index contributed by atoms with van der Waals surface area (Å²) in [5.41, 5.74) is 1.25. The Kier molecular flexibility index (Phi) is 2.87. The van der Waals surface area contributed by atoms with E-state index in [2.05, 4.69) is 12.1 Å². The van der Waals surface area contributed by atoms with Gasteiger partial charge >= 0.3 is 0 Å². The van der Waals surface area contributed by atoms with Crippen molar-refractivity contribution in [1.82, 2.24) is 0 Å². The van der Waals surface area contributed by atoms with Gasteiger partial charge < -0.3 is 0 Å². The second kappa shape index (κ2) is 4.14. The molecule has 1 aliphatic rings. The number of hydrogen-bond acceptors (Lipinski definition) is 1. The number of hydrogen-bond donors (Lipinski definition) is 0. The van der Waals surface area contributed by atoms with Crippen molar-refractivity contribution in [3.63, 3.8) is 0 Å². The molecule has 0 heterocycles. The lowest BCUT2D eigenvalue weighted by Gasteiger charge is -2.13. The van der Waals surface area contributed by atoms with Crippen LogP contribution in [-0.2, 0) is 4.79 Å². The molecule has 1 unspecified atom stereocenters. The Bertz CT molecular complexity index is 316. The molecule has 0 aliphatic heterocycles. The number of benzene rings is 1. The molecule has 0 spiro atoms. The summed E-state index contributed by atoms with van der Waals surface area (Å²) in [5, 5.41) is -0.217. The molecular weight excluding hydrogens is 196 g/mol. The lowest BCUT2D eigenvalue weighted by Crippen LogP contribution is -2.04. The minimum atomic E-state index is -0.217. The van der Waals surface area contributed by atoms with Gasteiger partial charge in [0, 0.05) is 6.42 Å². The summed E-state index contributed by atoms with van der Waals surface area (Å²) in [6.45, 7) is 0. The van der Waals surface area contributed by atoms with E-state index in [0.717, 1.165) is 0 Å². The van der Waals surface area contributed by atoms with Crippen LogP contribution in [0.3, 0.4) is 0 Å². The number of carbonyl (C=O) groups excluding carboxylic acids is 1. The van der Waals surface area contributed by atoms with E-state index in [-0.39, 0.29) is 5.24 Å². The van der Waals surface area contributed by atoms with Crippen LogP contribution in [-0.4, -0.2) is 5.24 Å². The molecule has 1 saturated carbocycles. The maximum atomic E-state index is 10.9. The molecule has 0 N–H and O–H groups in total. The topological polar surface area (TPSA) is 17.1 Å². The normalized spacial score (nSPS) is 17.8. The fraction of sp³-hybridized carbons (Fsp3) is 0.417. The van der Waals surface area contributed by atoms with Gasteiger partial charge in [-0.05, 0) is 41.8 Å². The summed E-state index contributed by atoms with van der Waals surface area (Å²) in [6, 6.07) is 10.2. The van der Waals surface area contributed by atoms with E-state index in [1.165, 1.54) is 18.4 Å². The van der Waals surface area contributed by atoms with Gasteiger partial charge in [-0.2, -0.15) is 0 Å². The van der Waals surface area contributed by atoms with Gasteiger partial charge in [-0.15, -0.1) is 0 Å². The molecule has 1 atom stereocenters. The largest absolute Gasteiger partial charge is 0.281 e. The van der Waals surface area contributed by atoms with Gasteiger partial charge in [0.1, 0.15) is 0 Å². The quantitative estimate of drug-likeness (QED) is 0.694. The smallest absolute Gasteiger partial charge is 0.222 e. The molecular formula is C12H13ClO. The summed E-state index contributed by atoms with van der Waals surface area (Å²) in [6.07, 6.45) is 2.96. The van der Waals surface area contributed by atoms with Crippen molar-refractivity contribution in [2.75, 3.05) is 0 Å². The number of halogens is 1. The highest BCUT2D eigenvalue weighted by Crippen LogP contribution is 2.44. The first-order valence-corrected chi connectivity index (χ1v) is 5.38. The molecule has 2 rings (SSSR count). The molecule has 1 nitrogen and oxygen atoms in total. The van der Waals surface area contributed by atoms with Gasteiger partial charge in [-0.1, -0.05) is 30.3 Å². The van der Waals surface area contributed by atoms with Gasteiger partial charge in [0.25, 0.3) is 0 Å². The van der Waals surface area contributed by atoms with Gasteiger partial charge in [-0.3, -0.25) is 4.79 Å². The molecule has 0 amide bonds. The Hall–Kier alpha value is -0.820. The van der Waals surface area contributed by atoms with Crippen molar-refractivity contribution in [2.24, 2.45) is 5.92 Å². The molecule has 0 aromatic heterocycles. The predicted molar refractivity (Wildman–Crippen MR) is 57.4 cm³/mol. The third kappa shape index (κ3) is 2.36. The number of carbonyl (C=O) groups is 1. The van der Waals surface area contributed by atoms with Gasteiger partial charge in [0.2, 0.25) is 5.24 Å². The Balaban J connectivity index is 2.14. The zero-order valence-corrected chi connectivity index (χ0v) is 8.70. The van der Waals surface area contributed by atoms with Crippen LogP contribution in [0.4, 0.5) is 0 Å². The monoisotopic (exact) mass is 208 g/mol. The minimum Gasteiger partial charge on any atom is -0.281 e. The van der Waals surface area contributed by atoms with Crippen LogP contribution in [0.2, 0.25) is 0 Å². The first kappa shape index (κ1) is 9.72. The van der Waals surface area contributed by atoms with E-state index in [9.17, 15) is 4.79 Å². The van der Waals surface area contributed by atoms with Gasteiger partial charge in [0.15, 0.2) is 0 Å². The molecule has 1 aromatic rings. The molecule has 0 saturated heterocycles. The molecule has 1 aromatic carbocycles. The first-order chi connectivity index (χ1) is 6.77. The van der Waals surface area contributed by atoms with E-state index in [4.69, 9.17) is 11.6 Å². The molecule has 0 bridgehead atoms. The van der Waals surface area contributed by atoms with Crippen LogP contribution in [0.15, 0.2) is 30.3 Å². The average Bonchev–Trinajstić information content (AvgIpc) is 2.99. The summed E-state index contributed by atoms with van der Waals surface area (Å²) in [4.78, 5) is 10.9. The lowest BCUT2D eigenvalue weighted by atomic mass is 9.92. The highest BCUT2D eigenvalue weighted by Gasteiger charge is 2.33. The Labute approximate surface area is 89.1 Å².